The molecule has 0 aliphatic carbocycles. The van der Waals surface area contributed by atoms with Crippen molar-refractivity contribution in [3.05, 3.63) is 34.9 Å². The Morgan fingerprint density at radius 1 is 1.09 bits per heavy atom. The summed E-state index contributed by atoms with van der Waals surface area (Å²) in [4.78, 5) is 19.8. The number of carbonyl (C=O) groups is 1. The maximum atomic E-state index is 11.8. The summed E-state index contributed by atoms with van der Waals surface area (Å²) in [5, 5.41) is 0.216. The van der Waals surface area contributed by atoms with Crippen molar-refractivity contribution < 1.29 is 23.7 Å². The van der Waals surface area contributed by atoms with Gasteiger partial charge in [-0.1, -0.05) is 17.7 Å². The highest BCUT2D eigenvalue weighted by molar-refractivity contribution is 6.32. The molecule has 1 aromatic carbocycles. The first kappa shape index (κ1) is 15.8. The SMILES string of the molecule is COC(=O)c1cccc(Cl)c1Oc1nc(OC)cc(OC)n1. The van der Waals surface area contributed by atoms with Crippen molar-refractivity contribution in [3.8, 4) is 23.5 Å². The second kappa shape index (κ2) is 6.95. The third-order valence-electron chi connectivity index (χ3n) is 2.64. The number of ether oxygens (including phenoxy) is 4. The van der Waals surface area contributed by atoms with Gasteiger partial charge in [0.15, 0.2) is 5.75 Å². The summed E-state index contributed by atoms with van der Waals surface area (Å²) in [6.07, 6.45) is 0. The van der Waals surface area contributed by atoms with Gasteiger partial charge in [0.05, 0.1) is 32.4 Å². The summed E-state index contributed by atoms with van der Waals surface area (Å²) >= 11 is 6.08. The average molecular weight is 325 g/mol. The third-order valence-corrected chi connectivity index (χ3v) is 2.94. The minimum absolute atomic E-state index is 0.0746. The lowest BCUT2D eigenvalue weighted by Crippen LogP contribution is -2.05. The maximum Gasteiger partial charge on any atom is 0.341 e. The first-order valence-electron chi connectivity index (χ1n) is 6.10. The molecule has 2 aromatic rings. The number of nitrogens with zero attached hydrogens (tertiary/aromatic N) is 2. The van der Waals surface area contributed by atoms with E-state index in [0.717, 1.165) is 0 Å². The van der Waals surface area contributed by atoms with Crippen molar-refractivity contribution in [2.45, 2.75) is 0 Å². The second-order valence-electron chi connectivity index (χ2n) is 3.95. The molecule has 0 radical (unpaired) electrons. The van der Waals surface area contributed by atoms with E-state index in [1.54, 1.807) is 12.1 Å². The van der Waals surface area contributed by atoms with Gasteiger partial charge in [-0.25, -0.2) is 4.79 Å². The average Bonchev–Trinajstić information content (AvgIpc) is 2.55. The van der Waals surface area contributed by atoms with E-state index in [1.807, 2.05) is 0 Å². The normalized spacial score (nSPS) is 10.0. The monoisotopic (exact) mass is 324 g/mol. The smallest absolute Gasteiger partial charge is 0.341 e. The Morgan fingerprint density at radius 3 is 2.27 bits per heavy atom. The summed E-state index contributed by atoms with van der Waals surface area (Å²) in [7, 11) is 4.15. The van der Waals surface area contributed by atoms with Crippen molar-refractivity contribution in [1.29, 1.82) is 0 Å². The van der Waals surface area contributed by atoms with Crippen LogP contribution in [0.25, 0.3) is 0 Å². The molecule has 8 heteroatoms. The van der Waals surface area contributed by atoms with Crippen LogP contribution in [0, 0.1) is 0 Å². The Bertz CT molecular complexity index is 671. The molecule has 0 N–H and O–H groups in total. The zero-order valence-corrected chi connectivity index (χ0v) is 12.9. The van der Waals surface area contributed by atoms with Gasteiger partial charge in [0, 0.05) is 0 Å². The number of hydrogen-bond acceptors (Lipinski definition) is 7. The summed E-state index contributed by atoms with van der Waals surface area (Å²) in [6, 6.07) is 6.11. The van der Waals surface area contributed by atoms with E-state index >= 15 is 0 Å². The number of para-hydroxylation sites is 1. The highest BCUT2D eigenvalue weighted by Gasteiger charge is 2.18. The van der Waals surface area contributed by atoms with Crippen molar-refractivity contribution in [2.24, 2.45) is 0 Å². The molecule has 116 valence electrons. The van der Waals surface area contributed by atoms with Crippen LogP contribution in [0.5, 0.6) is 23.5 Å². The topological polar surface area (TPSA) is 79.8 Å². The van der Waals surface area contributed by atoms with Gasteiger partial charge in [0.1, 0.15) is 5.56 Å². The minimum Gasteiger partial charge on any atom is -0.481 e. The molecule has 0 fully saturated rings. The molecule has 0 spiro atoms. The fourth-order valence-electron chi connectivity index (χ4n) is 1.61. The molecule has 0 amide bonds. The first-order valence-corrected chi connectivity index (χ1v) is 6.48. The van der Waals surface area contributed by atoms with Crippen molar-refractivity contribution >= 4 is 17.6 Å². The lowest BCUT2D eigenvalue weighted by atomic mass is 10.2. The van der Waals surface area contributed by atoms with E-state index in [1.165, 1.54) is 33.5 Å². The van der Waals surface area contributed by atoms with E-state index in [2.05, 4.69) is 9.97 Å². The van der Waals surface area contributed by atoms with E-state index in [-0.39, 0.29) is 34.1 Å². The molecular weight excluding hydrogens is 312 g/mol. The highest BCUT2D eigenvalue weighted by atomic mass is 35.5. The van der Waals surface area contributed by atoms with Gasteiger partial charge in [0.25, 0.3) is 0 Å². The molecule has 0 unspecified atom stereocenters. The molecule has 1 heterocycles. The Labute approximate surface area is 131 Å². The fraction of sp³-hybridized carbons (Fsp3) is 0.214. The highest BCUT2D eigenvalue weighted by Crippen LogP contribution is 2.33. The van der Waals surface area contributed by atoms with Gasteiger partial charge < -0.3 is 18.9 Å². The van der Waals surface area contributed by atoms with Crippen LogP contribution in [0.2, 0.25) is 5.02 Å². The molecule has 0 saturated heterocycles. The van der Waals surface area contributed by atoms with Gasteiger partial charge in [0.2, 0.25) is 11.8 Å². The second-order valence-corrected chi connectivity index (χ2v) is 4.35. The summed E-state index contributed by atoms with van der Waals surface area (Å²) in [5.41, 5.74) is 0.153. The number of aromatic nitrogens is 2. The van der Waals surface area contributed by atoms with Crippen LogP contribution in [0.4, 0.5) is 0 Å². The first-order chi connectivity index (χ1) is 10.6. The quantitative estimate of drug-likeness (QED) is 0.782. The van der Waals surface area contributed by atoms with Gasteiger partial charge in [-0.3, -0.25) is 0 Å². The van der Waals surface area contributed by atoms with E-state index in [0.29, 0.717) is 0 Å². The Kier molecular flexibility index (Phi) is 5.00. The van der Waals surface area contributed by atoms with Crippen molar-refractivity contribution in [1.82, 2.24) is 9.97 Å². The lowest BCUT2D eigenvalue weighted by Gasteiger charge is -2.11. The number of carbonyl (C=O) groups excluding carboxylic acids is 1. The molecular formula is C14H13ClN2O5. The van der Waals surface area contributed by atoms with Crippen LogP contribution in [0.15, 0.2) is 24.3 Å². The number of benzene rings is 1. The van der Waals surface area contributed by atoms with Crippen LogP contribution in [0.3, 0.4) is 0 Å². The van der Waals surface area contributed by atoms with Gasteiger partial charge in [-0.2, -0.15) is 9.97 Å². The Morgan fingerprint density at radius 2 is 1.73 bits per heavy atom. The minimum atomic E-state index is -0.590. The van der Waals surface area contributed by atoms with Crippen LogP contribution in [-0.2, 0) is 4.74 Å². The van der Waals surface area contributed by atoms with Crippen molar-refractivity contribution in [2.75, 3.05) is 21.3 Å². The van der Waals surface area contributed by atoms with E-state index in [4.69, 9.17) is 30.5 Å². The predicted octanol–water partition coefficient (Wildman–Crippen LogP) is 2.73. The molecule has 1 aromatic heterocycles. The van der Waals surface area contributed by atoms with Crippen LogP contribution in [-0.4, -0.2) is 37.3 Å². The molecule has 7 nitrogen and oxygen atoms in total. The molecule has 0 aliphatic heterocycles. The number of rotatable bonds is 5. The largest absolute Gasteiger partial charge is 0.481 e. The van der Waals surface area contributed by atoms with Crippen molar-refractivity contribution in [3.63, 3.8) is 0 Å². The summed E-state index contributed by atoms with van der Waals surface area (Å²) in [5.74, 6) is -0.0132. The summed E-state index contributed by atoms with van der Waals surface area (Å²) in [6.45, 7) is 0. The number of esters is 1. The molecule has 2 rings (SSSR count). The fourth-order valence-corrected chi connectivity index (χ4v) is 1.83. The van der Waals surface area contributed by atoms with Gasteiger partial charge in [-0.15, -0.1) is 0 Å². The standard InChI is InChI=1S/C14H13ClN2O5/c1-19-10-7-11(20-2)17-14(16-10)22-12-8(13(18)21-3)5-4-6-9(12)15/h4-7H,1-3H3. The van der Waals surface area contributed by atoms with E-state index < -0.39 is 5.97 Å². The Hall–Kier alpha value is -2.54. The van der Waals surface area contributed by atoms with Crippen LogP contribution >= 0.6 is 11.6 Å². The number of halogens is 1. The van der Waals surface area contributed by atoms with Gasteiger partial charge >= 0.3 is 12.0 Å². The predicted molar refractivity (Wildman–Crippen MR) is 78.0 cm³/mol. The van der Waals surface area contributed by atoms with Crippen LogP contribution < -0.4 is 14.2 Å². The molecule has 0 saturated carbocycles. The summed E-state index contributed by atoms with van der Waals surface area (Å²) < 4.78 is 20.3. The molecule has 0 atom stereocenters. The Balaban J connectivity index is 2.44. The maximum absolute atomic E-state index is 11.8. The molecule has 0 aliphatic rings. The lowest BCUT2D eigenvalue weighted by molar-refractivity contribution is 0.0597. The molecule has 22 heavy (non-hydrogen) atoms. The molecule has 0 bridgehead atoms. The zero-order valence-electron chi connectivity index (χ0n) is 12.1. The number of methoxy groups -OCH3 is 3. The third kappa shape index (κ3) is 3.37. The zero-order chi connectivity index (χ0) is 16.1. The van der Waals surface area contributed by atoms with Crippen LogP contribution in [0.1, 0.15) is 10.4 Å². The number of hydrogen-bond donors (Lipinski definition) is 0. The van der Waals surface area contributed by atoms with E-state index in [9.17, 15) is 4.79 Å². The van der Waals surface area contributed by atoms with Gasteiger partial charge in [-0.05, 0) is 12.1 Å².